The van der Waals surface area contributed by atoms with Gasteiger partial charge >= 0.3 is 0 Å². The lowest BCUT2D eigenvalue weighted by Gasteiger charge is -2.61. The van der Waals surface area contributed by atoms with Crippen LogP contribution in [0.5, 0.6) is 0 Å². The van der Waals surface area contributed by atoms with Crippen molar-refractivity contribution in [1.82, 2.24) is 0 Å². The molecule has 0 aromatic carbocycles. The number of hydrogen-bond acceptors (Lipinski definition) is 1. The average Bonchev–Trinajstić information content (AvgIpc) is 2.23. The summed E-state index contributed by atoms with van der Waals surface area (Å²) in [5.41, 5.74) is 0.613. The van der Waals surface area contributed by atoms with Gasteiger partial charge in [0.15, 0.2) is 0 Å². The predicted molar refractivity (Wildman–Crippen MR) is 69.7 cm³/mol. The topological polar surface area (TPSA) is 17.1 Å². The molecule has 0 amide bonds. The van der Waals surface area contributed by atoms with Crippen LogP contribution < -0.4 is 0 Å². The van der Waals surface area contributed by atoms with E-state index in [2.05, 4.69) is 20.8 Å². The van der Waals surface area contributed by atoms with Crippen LogP contribution in [0.1, 0.15) is 65.7 Å². The minimum atomic E-state index is 0.105. The van der Waals surface area contributed by atoms with Crippen molar-refractivity contribution in [3.8, 4) is 0 Å². The molecule has 1 nitrogen and oxygen atoms in total. The quantitative estimate of drug-likeness (QED) is 0.715. The van der Waals surface area contributed by atoms with E-state index in [1.165, 1.54) is 38.5 Å². The molecule has 3 unspecified atom stereocenters. The maximum Gasteiger partial charge on any atom is 0.141 e. The second-order valence-electron chi connectivity index (χ2n) is 7.73. The molecule has 3 atom stereocenters. The maximum absolute atomic E-state index is 12.8. The summed E-state index contributed by atoms with van der Waals surface area (Å²) in [4.78, 5) is 12.8. The second-order valence-corrected chi connectivity index (χ2v) is 7.73. The third-order valence-corrected chi connectivity index (χ3v) is 5.94. The molecule has 0 aromatic heterocycles. The molecule has 4 saturated carbocycles. The van der Waals surface area contributed by atoms with Gasteiger partial charge in [0.1, 0.15) is 5.78 Å². The molecular weight excluding hydrogens is 208 g/mol. The summed E-state index contributed by atoms with van der Waals surface area (Å²) in [5, 5.41) is 0. The van der Waals surface area contributed by atoms with E-state index in [1.54, 1.807) is 0 Å². The van der Waals surface area contributed by atoms with Gasteiger partial charge in [0, 0.05) is 11.3 Å². The van der Waals surface area contributed by atoms with Crippen LogP contribution in [0.2, 0.25) is 0 Å². The minimum absolute atomic E-state index is 0.105. The van der Waals surface area contributed by atoms with Crippen LogP contribution in [-0.2, 0) is 4.79 Å². The van der Waals surface area contributed by atoms with Gasteiger partial charge in [0.25, 0.3) is 0 Å². The van der Waals surface area contributed by atoms with Gasteiger partial charge in [-0.25, -0.2) is 0 Å². The van der Waals surface area contributed by atoms with Gasteiger partial charge in [0.2, 0.25) is 0 Å². The van der Waals surface area contributed by atoms with Crippen molar-refractivity contribution in [1.29, 1.82) is 0 Å². The molecule has 4 aliphatic rings. The molecule has 0 heterocycles. The van der Waals surface area contributed by atoms with Crippen molar-refractivity contribution in [2.24, 2.45) is 28.6 Å². The van der Waals surface area contributed by atoms with E-state index in [4.69, 9.17) is 0 Å². The van der Waals surface area contributed by atoms with Crippen molar-refractivity contribution in [2.75, 3.05) is 0 Å². The number of hydrogen-bond donors (Lipinski definition) is 0. The number of Topliss-reactive ketones (excluding diaryl/α,β-unsaturated/α-hetero) is 1. The lowest BCUT2D eigenvalue weighted by molar-refractivity contribution is -0.156. The highest BCUT2D eigenvalue weighted by Crippen LogP contribution is 2.65. The molecule has 0 aromatic rings. The minimum Gasteiger partial charge on any atom is -0.299 e. The maximum atomic E-state index is 12.8. The average molecular weight is 234 g/mol. The summed E-state index contributed by atoms with van der Waals surface area (Å²) in [6.07, 6.45) is 8.90. The first-order chi connectivity index (χ1) is 7.96. The van der Waals surface area contributed by atoms with Crippen LogP contribution in [0.15, 0.2) is 0 Å². The molecule has 0 spiro atoms. The fourth-order valence-electron chi connectivity index (χ4n) is 5.72. The van der Waals surface area contributed by atoms with E-state index in [9.17, 15) is 4.79 Å². The smallest absolute Gasteiger partial charge is 0.141 e. The molecule has 0 N–H and O–H groups in total. The highest BCUT2D eigenvalue weighted by Gasteiger charge is 2.58. The molecule has 1 heteroatoms. The van der Waals surface area contributed by atoms with E-state index in [0.29, 0.717) is 11.2 Å². The normalized spacial score (nSPS) is 49.4. The monoisotopic (exact) mass is 234 g/mol. The zero-order valence-electron chi connectivity index (χ0n) is 11.6. The zero-order chi connectivity index (χ0) is 12.3. The first kappa shape index (κ1) is 11.7. The fourth-order valence-corrected chi connectivity index (χ4v) is 5.72. The molecule has 4 fully saturated rings. The molecule has 4 bridgehead atoms. The Hall–Kier alpha value is -0.330. The Morgan fingerprint density at radius 2 is 1.82 bits per heavy atom. The third-order valence-electron chi connectivity index (χ3n) is 5.94. The van der Waals surface area contributed by atoms with Crippen LogP contribution in [0.25, 0.3) is 0 Å². The largest absolute Gasteiger partial charge is 0.299 e. The Bertz CT molecular complexity index is 329. The van der Waals surface area contributed by atoms with E-state index in [-0.39, 0.29) is 11.3 Å². The van der Waals surface area contributed by atoms with Crippen molar-refractivity contribution < 1.29 is 4.79 Å². The van der Waals surface area contributed by atoms with Crippen molar-refractivity contribution in [2.45, 2.75) is 65.7 Å². The Morgan fingerprint density at radius 3 is 2.29 bits per heavy atom. The molecule has 4 aliphatic carbocycles. The molecule has 0 radical (unpaired) electrons. The lowest BCUT2D eigenvalue weighted by atomic mass is 9.43. The summed E-state index contributed by atoms with van der Waals surface area (Å²) >= 11 is 0. The van der Waals surface area contributed by atoms with Crippen molar-refractivity contribution >= 4 is 5.78 Å². The van der Waals surface area contributed by atoms with Gasteiger partial charge in [0.05, 0.1) is 0 Å². The summed E-state index contributed by atoms with van der Waals surface area (Å²) in [5.74, 6) is 2.64. The summed E-state index contributed by atoms with van der Waals surface area (Å²) in [6, 6.07) is 0. The second kappa shape index (κ2) is 3.59. The zero-order valence-corrected chi connectivity index (χ0v) is 11.6. The molecule has 17 heavy (non-hydrogen) atoms. The Balaban J connectivity index is 1.90. The summed E-state index contributed by atoms with van der Waals surface area (Å²) in [7, 11) is 0. The van der Waals surface area contributed by atoms with Crippen LogP contribution >= 0.6 is 0 Å². The van der Waals surface area contributed by atoms with Crippen LogP contribution in [-0.4, -0.2) is 5.78 Å². The first-order valence-electron chi connectivity index (χ1n) is 7.51. The van der Waals surface area contributed by atoms with E-state index >= 15 is 0 Å². The van der Waals surface area contributed by atoms with Gasteiger partial charge in [-0.3, -0.25) is 4.79 Å². The van der Waals surface area contributed by atoms with Crippen LogP contribution in [0.4, 0.5) is 0 Å². The highest BCUT2D eigenvalue weighted by atomic mass is 16.1. The Kier molecular flexibility index (Phi) is 2.48. The van der Waals surface area contributed by atoms with E-state index < -0.39 is 0 Å². The van der Waals surface area contributed by atoms with Gasteiger partial charge in [-0.15, -0.1) is 0 Å². The van der Waals surface area contributed by atoms with E-state index in [0.717, 1.165) is 18.3 Å². The predicted octanol–water partition coefficient (Wildman–Crippen LogP) is 4.21. The first-order valence-corrected chi connectivity index (χ1v) is 7.51. The Labute approximate surface area is 105 Å². The molecule has 96 valence electrons. The van der Waals surface area contributed by atoms with Crippen molar-refractivity contribution in [3.63, 3.8) is 0 Å². The standard InChI is InChI=1S/C16H26O/c1-4-11(2)14(17)16-8-12-5-13(9-16)7-15(3,6-12)10-16/h11-13H,4-10H2,1-3H3. The van der Waals surface area contributed by atoms with Crippen LogP contribution in [0, 0.1) is 28.6 Å². The summed E-state index contributed by atoms with van der Waals surface area (Å²) < 4.78 is 0. The Morgan fingerprint density at radius 1 is 1.24 bits per heavy atom. The molecular formula is C16H26O. The van der Waals surface area contributed by atoms with Crippen LogP contribution in [0.3, 0.4) is 0 Å². The fraction of sp³-hybridized carbons (Fsp3) is 0.938. The highest BCUT2D eigenvalue weighted by molar-refractivity contribution is 5.87. The van der Waals surface area contributed by atoms with Gasteiger partial charge in [-0.1, -0.05) is 20.8 Å². The molecule has 0 aliphatic heterocycles. The third kappa shape index (κ3) is 1.69. The lowest BCUT2D eigenvalue weighted by Crippen LogP contribution is -2.55. The SMILES string of the molecule is CCC(C)C(=O)C12CC3CC(CC(C)(C3)C1)C2. The van der Waals surface area contributed by atoms with E-state index in [1.807, 2.05) is 0 Å². The molecule has 4 rings (SSSR count). The van der Waals surface area contributed by atoms with Crippen molar-refractivity contribution in [3.05, 3.63) is 0 Å². The summed E-state index contributed by atoms with van der Waals surface area (Å²) in [6.45, 7) is 6.75. The number of ketones is 1. The van der Waals surface area contributed by atoms with Gasteiger partial charge in [-0.05, 0) is 62.2 Å². The number of rotatable bonds is 3. The van der Waals surface area contributed by atoms with Gasteiger partial charge in [-0.2, -0.15) is 0 Å². The number of carbonyl (C=O) groups is 1. The number of carbonyl (C=O) groups excluding carboxylic acids is 1. The molecule has 0 saturated heterocycles. The van der Waals surface area contributed by atoms with Gasteiger partial charge < -0.3 is 0 Å².